The lowest BCUT2D eigenvalue weighted by Crippen LogP contribution is -2.39. The average Bonchev–Trinajstić information content (AvgIpc) is 2.76. The van der Waals surface area contributed by atoms with Crippen LogP contribution < -0.4 is 10.1 Å². The van der Waals surface area contributed by atoms with E-state index in [0.717, 1.165) is 18.0 Å². The van der Waals surface area contributed by atoms with Crippen LogP contribution in [-0.2, 0) is 13.6 Å². The molecule has 3 rings (SSSR count). The van der Waals surface area contributed by atoms with Crippen LogP contribution in [0, 0.1) is 6.92 Å². The van der Waals surface area contributed by atoms with Crippen molar-refractivity contribution in [3.63, 3.8) is 0 Å². The van der Waals surface area contributed by atoms with E-state index in [1.54, 1.807) is 7.11 Å². The van der Waals surface area contributed by atoms with Crippen LogP contribution in [0.25, 0.3) is 0 Å². The summed E-state index contributed by atoms with van der Waals surface area (Å²) in [6.45, 7) is 2.98. The highest BCUT2D eigenvalue weighted by atomic mass is 16.5. The van der Waals surface area contributed by atoms with Gasteiger partial charge in [0.15, 0.2) is 0 Å². The average molecular weight is 285 g/mol. The van der Waals surface area contributed by atoms with Gasteiger partial charge in [0.25, 0.3) is 0 Å². The Bertz CT molecular complexity index is 597. The van der Waals surface area contributed by atoms with E-state index < -0.39 is 0 Å². The largest absolute Gasteiger partial charge is 0.497 e. The van der Waals surface area contributed by atoms with Gasteiger partial charge in [-0.15, -0.1) is 0 Å². The Hall–Kier alpha value is -1.81. The van der Waals surface area contributed by atoms with Crippen LogP contribution in [-0.4, -0.2) is 22.9 Å². The van der Waals surface area contributed by atoms with Crippen molar-refractivity contribution in [1.82, 2.24) is 15.1 Å². The summed E-state index contributed by atoms with van der Waals surface area (Å²) in [4.78, 5) is 0. The first-order chi connectivity index (χ1) is 10.2. The molecule has 1 saturated carbocycles. The van der Waals surface area contributed by atoms with Crippen LogP contribution in [0.4, 0.5) is 0 Å². The number of ether oxygens (including phenoxy) is 1. The minimum absolute atomic E-state index is 0.622. The van der Waals surface area contributed by atoms with Crippen molar-refractivity contribution < 1.29 is 4.74 Å². The molecule has 1 aromatic carbocycles. The Labute approximate surface area is 126 Å². The van der Waals surface area contributed by atoms with E-state index in [2.05, 4.69) is 47.8 Å². The number of hydrogen-bond acceptors (Lipinski definition) is 3. The number of aryl methyl sites for hydroxylation is 2. The Morgan fingerprint density at radius 1 is 1.29 bits per heavy atom. The van der Waals surface area contributed by atoms with Gasteiger partial charge in [0, 0.05) is 31.4 Å². The van der Waals surface area contributed by atoms with Crippen molar-refractivity contribution >= 4 is 0 Å². The van der Waals surface area contributed by atoms with Crippen LogP contribution >= 0.6 is 0 Å². The summed E-state index contributed by atoms with van der Waals surface area (Å²) in [6.07, 6.45) is 4.53. The van der Waals surface area contributed by atoms with E-state index in [-0.39, 0.29) is 0 Å². The second-order valence-corrected chi connectivity index (χ2v) is 5.93. The minimum Gasteiger partial charge on any atom is -0.497 e. The Morgan fingerprint density at radius 2 is 2.00 bits per heavy atom. The third-order valence-corrected chi connectivity index (χ3v) is 4.42. The normalized spacial score (nSPS) is 21.1. The zero-order valence-corrected chi connectivity index (χ0v) is 13.0. The van der Waals surface area contributed by atoms with E-state index in [0.29, 0.717) is 12.0 Å². The molecule has 1 N–H and O–H groups in total. The number of nitrogens with zero attached hydrogens (tertiary/aromatic N) is 2. The standard InChI is InChI=1S/C17H23N3O/c1-12-15(11-20(2)19-12)10-18-16-8-14(9-16)13-4-6-17(21-3)7-5-13/h4-7,11,14,16,18H,8-10H2,1-3H3. The summed E-state index contributed by atoms with van der Waals surface area (Å²) in [5, 5.41) is 8.01. The molecule has 1 fully saturated rings. The topological polar surface area (TPSA) is 39.1 Å². The van der Waals surface area contributed by atoms with Gasteiger partial charge in [0.2, 0.25) is 0 Å². The van der Waals surface area contributed by atoms with Crippen LogP contribution in [0.3, 0.4) is 0 Å². The van der Waals surface area contributed by atoms with Crippen LogP contribution in [0.15, 0.2) is 30.5 Å². The highest BCUT2D eigenvalue weighted by Gasteiger charge is 2.29. The number of nitrogens with one attached hydrogen (secondary N) is 1. The molecule has 0 spiro atoms. The minimum atomic E-state index is 0.622. The maximum atomic E-state index is 5.20. The molecule has 1 aliphatic rings. The molecule has 0 unspecified atom stereocenters. The molecule has 0 bridgehead atoms. The van der Waals surface area contributed by atoms with Gasteiger partial charge < -0.3 is 10.1 Å². The first-order valence-electron chi connectivity index (χ1n) is 7.52. The molecule has 1 aliphatic carbocycles. The Balaban J connectivity index is 1.48. The molecule has 112 valence electrons. The van der Waals surface area contributed by atoms with Crippen molar-refractivity contribution in [3.05, 3.63) is 47.3 Å². The summed E-state index contributed by atoms with van der Waals surface area (Å²) in [7, 11) is 3.68. The summed E-state index contributed by atoms with van der Waals surface area (Å²) in [5.41, 5.74) is 3.84. The quantitative estimate of drug-likeness (QED) is 0.918. The summed E-state index contributed by atoms with van der Waals surface area (Å²) in [6, 6.07) is 9.09. The van der Waals surface area contributed by atoms with Gasteiger partial charge in [-0.3, -0.25) is 4.68 Å². The van der Waals surface area contributed by atoms with Crippen LogP contribution in [0.1, 0.15) is 35.6 Å². The molecule has 21 heavy (non-hydrogen) atoms. The molecule has 1 aromatic heterocycles. The summed E-state index contributed by atoms with van der Waals surface area (Å²) >= 11 is 0. The lowest BCUT2D eigenvalue weighted by Gasteiger charge is -2.36. The van der Waals surface area contributed by atoms with Gasteiger partial charge in [-0.05, 0) is 43.4 Å². The van der Waals surface area contributed by atoms with Gasteiger partial charge in [-0.2, -0.15) is 5.10 Å². The molecule has 0 amide bonds. The molecule has 0 saturated heterocycles. The predicted octanol–water partition coefficient (Wildman–Crippen LogP) is 2.77. The maximum absolute atomic E-state index is 5.20. The molecule has 4 heteroatoms. The lowest BCUT2D eigenvalue weighted by molar-refractivity contribution is 0.289. The predicted molar refractivity (Wildman–Crippen MR) is 83.5 cm³/mol. The van der Waals surface area contributed by atoms with Crippen molar-refractivity contribution in [2.24, 2.45) is 7.05 Å². The smallest absolute Gasteiger partial charge is 0.118 e. The van der Waals surface area contributed by atoms with E-state index in [9.17, 15) is 0 Å². The Kier molecular flexibility index (Phi) is 3.97. The molecule has 0 radical (unpaired) electrons. The number of rotatable bonds is 5. The van der Waals surface area contributed by atoms with Crippen molar-refractivity contribution in [2.75, 3.05) is 7.11 Å². The monoisotopic (exact) mass is 285 g/mol. The lowest BCUT2D eigenvalue weighted by atomic mass is 9.76. The highest BCUT2D eigenvalue weighted by molar-refractivity contribution is 5.31. The SMILES string of the molecule is COc1ccc(C2CC(NCc3cn(C)nc3C)C2)cc1. The van der Waals surface area contributed by atoms with Crippen LogP contribution in [0.5, 0.6) is 5.75 Å². The molecule has 1 heterocycles. The van der Waals surface area contributed by atoms with Crippen LogP contribution in [0.2, 0.25) is 0 Å². The van der Waals surface area contributed by atoms with Crippen molar-refractivity contribution in [1.29, 1.82) is 0 Å². The van der Waals surface area contributed by atoms with Gasteiger partial charge in [-0.1, -0.05) is 12.1 Å². The van der Waals surface area contributed by atoms with E-state index in [1.807, 2.05) is 11.7 Å². The second kappa shape index (κ2) is 5.90. The zero-order valence-electron chi connectivity index (χ0n) is 13.0. The van der Waals surface area contributed by atoms with E-state index in [4.69, 9.17) is 4.74 Å². The highest BCUT2D eigenvalue weighted by Crippen LogP contribution is 2.37. The fourth-order valence-electron chi connectivity index (χ4n) is 3.01. The number of aromatic nitrogens is 2. The number of methoxy groups -OCH3 is 1. The fourth-order valence-corrected chi connectivity index (χ4v) is 3.01. The molecule has 0 aliphatic heterocycles. The van der Waals surface area contributed by atoms with Gasteiger partial charge in [0.05, 0.1) is 12.8 Å². The first kappa shape index (κ1) is 14.1. The van der Waals surface area contributed by atoms with Crippen molar-refractivity contribution in [2.45, 2.75) is 38.3 Å². The third-order valence-electron chi connectivity index (χ3n) is 4.42. The number of benzene rings is 1. The first-order valence-corrected chi connectivity index (χ1v) is 7.52. The molecular formula is C17H23N3O. The summed E-state index contributed by atoms with van der Waals surface area (Å²) in [5.74, 6) is 1.61. The van der Waals surface area contributed by atoms with Gasteiger partial charge >= 0.3 is 0 Å². The molecular weight excluding hydrogens is 262 g/mol. The van der Waals surface area contributed by atoms with Crippen molar-refractivity contribution in [3.8, 4) is 5.75 Å². The second-order valence-electron chi connectivity index (χ2n) is 5.93. The molecule has 4 nitrogen and oxygen atoms in total. The molecule has 2 aromatic rings. The van der Waals surface area contributed by atoms with E-state index in [1.165, 1.54) is 24.0 Å². The maximum Gasteiger partial charge on any atom is 0.118 e. The third kappa shape index (κ3) is 3.10. The van der Waals surface area contributed by atoms with E-state index >= 15 is 0 Å². The fraction of sp³-hybridized carbons (Fsp3) is 0.471. The van der Waals surface area contributed by atoms with Gasteiger partial charge in [0.1, 0.15) is 5.75 Å². The number of hydrogen-bond donors (Lipinski definition) is 1. The summed E-state index contributed by atoms with van der Waals surface area (Å²) < 4.78 is 7.08. The zero-order chi connectivity index (χ0) is 14.8. The van der Waals surface area contributed by atoms with Gasteiger partial charge in [-0.25, -0.2) is 0 Å². The molecule has 0 atom stereocenters. The Morgan fingerprint density at radius 3 is 2.57 bits per heavy atom.